The maximum atomic E-state index is 12.4. The Labute approximate surface area is 166 Å². The van der Waals surface area contributed by atoms with Crippen molar-refractivity contribution in [2.75, 3.05) is 32.2 Å². The van der Waals surface area contributed by atoms with Gasteiger partial charge in [0.05, 0.1) is 12.5 Å². The molecular formula is C20H29ClN2O4. The van der Waals surface area contributed by atoms with Gasteiger partial charge in [-0.3, -0.25) is 4.79 Å². The number of nitrogens with zero attached hydrogens (tertiary/aromatic N) is 1. The highest BCUT2D eigenvalue weighted by Crippen LogP contribution is 2.22. The predicted octanol–water partition coefficient (Wildman–Crippen LogP) is 3.42. The number of alkyl carbamates (subject to hydrolysis) is 1. The second kappa shape index (κ2) is 11.0. The fourth-order valence-electron chi connectivity index (χ4n) is 3.20. The van der Waals surface area contributed by atoms with E-state index in [1.165, 1.54) is 0 Å². The molecule has 2 rings (SSSR count). The standard InChI is InChI=1S/C20H29ClN2O4/c1-15-5-3-6-16(2)19(15)26-13-4-7-18(24)23-11-8-17(9-12-23)22-20(25)27-14-10-21/h3,5-6,17H,4,7-14H2,1-2H3,(H,22,25). The van der Waals surface area contributed by atoms with Crippen molar-refractivity contribution in [1.82, 2.24) is 10.2 Å². The zero-order chi connectivity index (χ0) is 19.6. The molecule has 0 spiro atoms. The number of piperidine rings is 1. The summed E-state index contributed by atoms with van der Waals surface area (Å²) in [5, 5.41) is 2.82. The number of halogens is 1. The molecule has 0 bridgehead atoms. The molecule has 0 unspecified atom stereocenters. The number of carbonyl (C=O) groups is 2. The summed E-state index contributed by atoms with van der Waals surface area (Å²) in [6, 6.07) is 6.11. The second-order valence-corrected chi connectivity index (χ2v) is 7.18. The summed E-state index contributed by atoms with van der Waals surface area (Å²) < 4.78 is 10.8. The van der Waals surface area contributed by atoms with Gasteiger partial charge in [-0.1, -0.05) is 18.2 Å². The number of benzene rings is 1. The number of rotatable bonds is 8. The Bertz CT molecular complexity index is 610. The van der Waals surface area contributed by atoms with Crippen LogP contribution in [-0.2, 0) is 9.53 Å². The first-order valence-corrected chi connectivity index (χ1v) is 10.0. The maximum absolute atomic E-state index is 12.4. The van der Waals surface area contributed by atoms with Crippen molar-refractivity contribution in [3.05, 3.63) is 29.3 Å². The van der Waals surface area contributed by atoms with E-state index in [0.29, 0.717) is 32.5 Å². The average molecular weight is 397 g/mol. The van der Waals surface area contributed by atoms with E-state index < -0.39 is 6.09 Å². The molecule has 1 aromatic rings. The van der Waals surface area contributed by atoms with Gasteiger partial charge in [-0.25, -0.2) is 4.79 Å². The van der Waals surface area contributed by atoms with E-state index in [4.69, 9.17) is 21.1 Å². The van der Waals surface area contributed by atoms with Gasteiger partial charge < -0.3 is 19.7 Å². The fraction of sp³-hybridized carbons (Fsp3) is 0.600. The summed E-state index contributed by atoms with van der Waals surface area (Å²) in [5.74, 6) is 1.34. The molecule has 1 saturated heterocycles. The molecule has 7 heteroatoms. The van der Waals surface area contributed by atoms with E-state index in [-0.39, 0.29) is 24.4 Å². The lowest BCUT2D eigenvalue weighted by molar-refractivity contribution is -0.132. The first-order chi connectivity index (χ1) is 13.0. The van der Waals surface area contributed by atoms with E-state index in [1.807, 2.05) is 36.9 Å². The molecule has 1 N–H and O–H groups in total. The van der Waals surface area contributed by atoms with Crippen LogP contribution in [0.1, 0.15) is 36.8 Å². The first kappa shape index (κ1) is 21.4. The third kappa shape index (κ3) is 6.94. The highest BCUT2D eigenvalue weighted by molar-refractivity contribution is 6.18. The zero-order valence-corrected chi connectivity index (χ0v) is 16.9. The SMILES string of the molecule is Cc1cccc(C)c1OCCCC(=O)N1CCC(NC(=O)OCCCl)CC1. The summed E-state index contributed by atoms with van der Waals surface area (Å²) >= 11 is 5.49. The third-order valence-corrected chi connectivity index (χ3v) is 4.82. The Morgan fingerprint density at radius 3 is 2.48 bits per heavy atom. The van der Waals surface area contributed by atoms with Gasteiger partial charge in [-0.05, 0) is 44.2 Å². The number of ether oxygens (including phenoxy) is 2. The highest BCUT2D eigenvalue weighted by atomic mass is 35.5. The molecular weight excluding hydrogens is 368 g/mol. The largest absolute Gasteiger partial charge is 0.493 e. The second-order valence-electron chi connectivity index (χ2n) is 6.80. The van der Waals surface area contributed by atoms with Crippen LogP contribution in [0.5, 0.6) is 5.75 Å². The van der Waals surface area contributed by atoms with Crippen LogP contribution in [0.2, 0.25) is 0 Å². The minimum atomic E-state index is -0.441. The van der Waals surface area contributed by atoms with E-state index in [9.17, 15) is 9.59 Å². The number of likely N-dealkylation sites (tertiary alicyclic amines) is 1. The number of hydrogen-bond acceptors (Lipinski definition) is 4. The molecule has 1 heterocycles. The molecule has 1 aliphatic rings. The van der Waals surface area contributed by atoms with Gasteiger partial charge in [0.15, 0.2) is 0 Å². The molecule has 0 radical (unpaired) electrons. The number of carbonyl (C=O) groups excluding carboxylic acids is 2. The van der Waals surface area contributed by atoms with Crippen molar-refractivity contribution < 1.29 is 19.1 Å². The van der Waals surface area contributed by atoms with Crippen LogP contribution in [0.3, 0.4) is 0 Å². The Hall–Kier alpha value is -1.95. The van der Waals surface area contributed by atoms with Crippen molar-refractivity contribution >= 4 is 23.6 Å². The Balaban J connectivity index is 1.64. The zero-order valence-electron chi connectivity index (χ0n) is 16.1. The quantitative estimate of drug-likeness (QED) is 0.540. The van der Waals surface area contributed by atoms with Crippen molar-refractivity contribution in [3.8, 4) is 5.75 Å². The van der Waals surface area contributed by atoms with E-state index >= 15 is 0 Å². The summed E-state index contributed by atoms with van der Waals surface area (Å²) in [6.07, 6.45) is 2.20. The van der Waals surface area contributed by atoms with Crippen LogP contribution in [0.25, 0.3) is 0 Å². The topological polar surface area (TPSA) is 67.9 Å². The van der Waals surface area contributed by atoms with Crippen LogP contribution in [0.15, 0.2) is 18.2 Å². The van der Waals surface area contributed by atoms with Gasteiger partial charge in [0.2, 0.25) is 5.91 Å². The minimum Gasteiger partial charge on any atom is -0.493 e. The number of aryl methyl sites for hydroxylation is 2. The van der Waals surface area contributed by atoms with Gasteiger partial charge >= 0.3 is 6.09 Å². The van der Waals surface area contributed by atoms with Gasteiger partial charge in [-0.15, -0.1) is 11.6 Å². The van der Waals surface area contributed by atoms with Gasteiger partial charge in [0.1, 0.15) is 12.4 Å². The van der Waals surface area contributed by atoms with Gasteiger partial charge in [0, 0.05) is 25.6 Å². The molecule has 150 valence electrons. The molecule has 1 fully saturated rings. The summed E-state index contributed by atoms with van der Waals surface area (Å²) in [5.41, 5.74) is 2.22. The summed E-state index contributed by atoms with van der Waals surface area (Å²) in [4.78, 5) is 25.8. The Morgan fingerprint density at radius 1 is 1.19 bits per heavy atom. The van der Waals surface area contributed by atoms with Crippen molar-refractivity contribution in [3.63, 3.8) is 0 Å². The van der Waals surface area contributed by atoms with Crippen molar-refractivity contribution in [1.29, 1.82) is 0 Å². The number of alkyl halides is 1. The normalized spacial score (nSPS) is 14.7. The summed E-state index contributed by atoms with van der Waals surface area (Å²) in [6.45, 7) is 6.08. The van der Waals surface area contributed by atoms with Crippen LogP contribution in [0, 0.1) is 13.8 Å². The van der Waals surface area contributed by atoms with E-state index in [0.717, 1.165) is 29.7 Å². The molecule has 1 aliphatic heterocycles. The van der Waals surface area contributed by atoms with Crippen LogP contribution in [-0.4, -0.2) is 55.1 Å². The molecule has 0 aliphatic carbocycles. The lowest BCUT2D eigenvalue weighted by Crippen LogP contribution is -2.46. The smallest absolute Gasteiger partial charge is 0.407 e. The monoisotopic (exact) mass is 396 g/mol. The van der Waals surface area contributed by atoms with Crippen LogP contribution in [0.4, 0.5) is 4.79 Å². The van der Waals surface area contributed by atoms with Crippen molar-refractivity contribution in [2.24, 2.45) is 0 Å². The number of amides is 2. The highest BCUT2D eigenvalue weighted by Gasteiger charge is 2.23. The van der Waals surface area contributed by atoms with E-state index in [1.54, 1.807) is 0 Å². The molecule has 0 aromatic heterocycles. The molecule has 2 amide bonds. The third-order valence-electron chi connectivity index (χ3n) is 4.67. The van der Waals surface area contributed by atoms with Crippen LogP contribution < -0.4 is 10.1 Å². The number of para-hydroxylation sites is 1. The predicted molar refractivity (Wildman–Crippen MR) is 105 cm³/mol. The number of nitrogens with one attached hydrogen (secondary N) is 1. The lowest BCUT2D eigenvalue weighted by atomic mass is 10.0. The lowest BCUT2D eigenvalue weighted by Gasteiger charge is -2.32. The Morgan fingerprint density at radius 2 is 1.85 bits per heavy atom. The molecule has 0 atom stereocenters. The van der Waals surface area contributed by atoms with Crippen molar-refractivity contribution in [2.45, 2.75) is 45.6 Å². The molecule has 1 aromatic carbocycles. The van der Waals surface area contributed by atoms with E-state index in [2.05, 4.69) is 5.32 Å². The average Bonchev–Trinajstić information content (AvgIpc) is 2.65. The Kier molecular flexibility index (Phi) is 8.72. The minimum absolute atomic E-state index is 0.0456. The molecule has 0 saturated carbocycles. The molecule has 27 heavy (non-hydrogen) atoms. The van der Waals surface area contributed by atoms with Gasteiger partial charge in [-0.2, -0.15) is 0 Å². The fourth-order valence-corrected chi connectivity index (χ4v) is 3.27. The number of hydrogen-bond donors (Lipinski definition) is 1. The first-order valence-electron chi connectivity index (χ1n) is 9.47. The summed E-state index contributed by atoms with van der Waals surface area (Å²) in [7, 11) is 0. The van der Waals surface area contributed by atoms with Gasteiger partial charge in [0.25, 0.3) is 0 Å². The molecule has 6 nitrogen and oxygen atoms in total. The van der Waals surface area contributed by atoms with Crippen LogP contribution >= 0.6 is 11.6 Å². The maximum Gasteiger partial charge on any atom is 0.407 e.